The second kappa shape index (κ2) is 5.47. The monoisotopic (exact) mass is 296 g/mol. The molecule has 0 unspecified atom stereocenters. The van der Waals surface area contributed by atoms with E-state index in [0.29, 0.717) is 23.8 Å². The van der Waals surface area contributed by atoms with Crippen LogP contribution in [-0.4, -0.2) is 14.0 Å². The van der Waals surface area contributed by atoms with Crippen LogP contribution in [0.4, 0.5) is 0 Å². The lowest BCUT2D eigenvalue weighted by Crippen LogP contribution is -2.45. The fraction of sp³-hybridized carbons (Fsp3) is 0.600. The zero-order chi connectivity index (χ0) is 15.0. The molecule has 2 rings (SSSR count). The van der Waals surface area contributed by atoms with E-state index in [1.54, 1.807) is 6.07 Å². The molecule has 0 bridgehead atoms. The largest absolute Gasteiger partial charge is 0.326 e. The second-order valence-corrected chi connectivity index (χ2v) is 7.75. The SMILES string of the molecule is CCc1ccc(CN)cc1S(=O)(=O)NC(C)(C)C1CC1. The smallest absolute Gasteiger partial charge is 0.241 e. The molecule has 112 valence electrons. The van der Waals surface area contributed by atoms with Crippen LogP contribution in [0.1, 0.15) is 44.7 Å². The molecule has 20 heavy (non-hydrogen) atoms. The molecule has 4 nitrogen and oxygen atoms in total. The van der Waals surface area contributed by atoms with E-state index in [-0.39, 0.29) is 5.54 Å². The fourth-order valence-corrected chi connectivity index (χ4v) is 4.39. The number of nitrogens with two attached hydrogens (primary N) is 1. The van der Waals surface area contributed by atoms with Crippen molar-refractivity contribution in [3.05, 3.63) is 29.3 Å². The van der Waals surface area contributed by atoms with Crippen molar-refractivity contribution in [2.75, 3.05) is 0 Å². The Morgan fingerprint density at radius 3 is 2.50 bits per heavy atom. The van der Waals surface area contributed by atoms with Crippen molar-refractivity contribution in [3.63, 3.8) is 0 Å². The third kappa shape index (κ3) is 3.22. The minimum atomic E-state index is -3.50. The van der Waals surface area contributed by atoms with Gasteiger partial charge in [0, 0.05) is 12.1 Å². The number of nitrogens with one attached hydrogen (secondary N) is 1. The van der Waals surface area contributed by atoms with Gasteiger partial charge in [0.05, 0.1) is 4.90 Å². The van der Waals surface area contributed by atoms with Gasteiger partial charge in [-0.2, -0.15) is 0 Å². The van der Waals surface area contributed by atoms with Crippen molar-refractivity contribution in [1.82, 2.24) is 4.72 Å². The Bertz CT molecular complexity index is 590. The van der Waals surface area contributed by atoms with Gasteiger partial charge in [0.15, 0.2) is 0 Å². The number of sulfonamides is 1. The summed E-state index contributed by atoms with van der Waals surface area (Å²) in [5.74, 6) is 0.444. The highest BCUT2D eigenvalue weighted by Gasteiger charge is 2.40. The third-order valence-electron chi connectivity index (χ3n) is 4.03. The maximum absolute atomic E-state index is 12.7. The molecule has 5 heteroatoms. The van der Waals surface area contributed by atoms with E-state index >= 15 is 0 Å². The lowest BCUT2D eigenvalue weighted by Gasteiger charge is -2.26. The lowest BCUT2D eigenvalue weighted by atomic mass is 10.0. The Hall–Kier alpha value is -0.910. The van der Waals surface area contributed by atoms with Crippen LogP contribution < -0.4 is 10.5 Å². The summed E-state index contributed by atoms with van der Waals surface area (Å²) in [4.78, 5) is 0.372. The van der Waals surface area contributed by atoms with Gasteiger partial charge in [0.25, 0.3) is 0 Å². The van der Waals surface area contributed by atoms with E-state index < -0.39 is 10.0 Å². The molecule has 0 spiro atoms. The topological polar surface area (TPSA) is 72.2 Å². The quantitative estimate of drug-likeness (QED) is 0.845. The van der Waals surface area contributed by atoms with Crippen molar-refractivity contribution in [3.8, 4) is 0 Å². The number of hydrogen-bond acceptors (Lipinski definition) is 3. The van der Waals surface area contributed by atoms with Gasteiger partial charge in [-0.3, -0.25) is 0 Å². The highest BCUT2D eigenvalue weighted by atomic mass is 32.2. The van der Waals surface area contributed by atoms with E-state index in [1.807, 2.05) is 32.9 Å². The molecule has 0 saturated heterocycles. The maximum atomic E-state index is 12.7. The first-order valence-corrected chi connectivity index (χ1v) is 8.64. The number of benzene rings is 1. The standard InChI is InChI=1S/C15H24N2O2S/c1-4-12-6-5-11(10-16)9-14(12)20(18,19)17-15(2,3)13-7-8-13/h5-6,9,13,17H,4,7-8,10,16H2,1-3H3. The Morgan fingerprint density at radius 2 is 2.00 bits per heavy atom. The molecular formula is C15H24N2O2S. The van der Waals surface area contributed by atoms with Gasteiger partial charge in [-0.05, 0) is 56.2 Å². The summed E-state index contributed by atoms with van der Waals surface area (Å²) in [6.45, 7) is 6.22. The minimum absolute atomic E-state index is 0.346. The zero-order valence-electron chi connectivity index (χ0n) is 12.4. The summed E-state index contributed by atoms with van der Waals surface area (Å²) >= 11 is 0. The number of hydrogen-bond donors (Lipinski definition) is 2. The summed E-state index contributed by atoms with van der Waals surface area (Å²) in [5.41, 5.74) is 6.91. The number of rotatable bonds is 6. The molecule has 1 aliphatic rings. The molecule has 1 aromatic rings. The highest BCUT2D eigenvalue weighted by Crippen LogP contribution is 2.40. The summed E-state index contributed by atoms with van der Waals surface area (Å²) in [6, 6.07) is 5.45. The molecular weight excluding hydrogens is 272 g/mol. The van der Waals surface area contributed by atoms with Crippen LogP contribution in [-0.2, 0) is 23.0 Å². The Kier molecular flexibility index (Phi) is 4.23. The average molecular weight is 296 g/mol. The van der Waals surface area contributed by atoms with Gasteiger partial charge in [0.2, 0.25) is 10.0 Å². The Morgan fingerprint density at radius 1 is 1.35 bits per heavy atom. The van der Waals surface area contributed by atoms with Crippen LogP contribution in [0.5, 0.6) is 0 Å². The molecule has 1 aromatic carbocycles. The van der Waals surface area contributed by atoms with E-state index in [4.69, 9.17) is 5.73 Å². The average Bonchev–Trinajstić information content (AvgIpc) is 3.21. The molecule has 1 fully saturated rings. The van der Waals surface area contributed by atoms with Crippen LogP contribution in [0.25, 0.3) is 0 Å². The highest BCUT2D eigenvalue weighted by molar-refractivity contribution is 7.89. The van der Waals surface area contributed by atoms with Gasteiger partial charge < -0.3 is 5.73 Å². The van der Waals surface area contributed by atoms with Gasteiger partial charge >= 0.3 is 0 Å². The first kappa shape index (κ1) is 15.5. The van der Waals surface area contributed by atoms with Gasteiger partial charge in [-0.1, -0.05) is 19.1 Å². The van der Waals surface area contributed by atoms with Crippen LogP contribution in [0.15, 0.2) is 23.1 Å². The molecule has 0 aliphatic heterocycles. The summed E-state index contributed by atoms with van der Waals surface area (Å²) < 4.78 is 28.2. The number of aryl methyl sites for hydroxylation is 1. The first-order chi connectivity index (χ1) is 9.30. The maximum Gasteiger partial charge on any atom is 0.241 e. The lowest BCUT2D eigenvalue weighted by molar-refractivity contribution is 0.400. The van der Waals surface area contributed by atoms with Gasteiger partial charge in [0.1, 0.15) is 0 Å². The molecule has 0 atom stereocenters. The molecule has 1 saturated carbocycles. The molecule has 0 amide bonds. The molecule has 3 N–H and O–H groups in total. The summed E-state index contributed by atoms with van der Waals surface area (Å²) in [7, 11) is -3.50. The van der Waals surface area contributed by atoms with Crippen molar-refractivity contribution in [1.29, 1.82) is 0 Å². The van der Waals surface area contributed by atoms with Gasteiger partial charge in [-0.15, -0.1) is 0 Å². The van der Waals surface area contributed by atoms with E-state index in [2.05, 4.69) is 4.72 Å². The zero-order valence-corrected chi connectivity index (χ0v) is 13.3. The predicted molar refractivity (Wildman–Crippen MR) is 80.8 cm³/mol. The van der Waals surface area contributed by atoms with Crippen LogP contribution >= 0.6 is 0 Å². The van der Waals surface area contributed by atoms with Crippen molar-refractivity contribution < 1.29 is 8.42 Å². The molecule has 0 aromatic heterocycles. The summed E-state index contributed by atoms with van der Waals surface area (Å²) in [6.07, 6.45) is 2.88. The first-order valence-electron chi connectivity index (χ1n) is 7.16. The van der Waals surface area contributed by atoms with Crippen LogP contribution in [0.3, 0.4) is 0 Å². The minimum Gasteiger partial charge on any atom is -0.326 e. The normalized spacial score (nSPS) is 16.4. The van der Waals surface area contributed by atoms with E-state index in [0.717, 1.165) is 24.0 Å². The van der Waals surface area contributed by atoms with Crippen molar-refractivity contribution in [2.45, 2.75) is 57.0 Å². The van der Waals surface area contributed by atoms with Crippen molar-refractivity contribution in [2.24, 2.45) is 11.7 Å². The predicted octanol–water partition coefficient (Wildman–Crippen LogP) is 2.17. The Labute approximate surface area is 121 Å². The molecule has 0 radical (unpaired) electrons. The van der Waals surface area contributed by atoms with Crippen LogP contribution in [0.2, 0.25) is 0 Å². The van der Waals surface area contributed by atoms with E-state index in [1.165, 1.54) is 0 Å². The van der Waals surface area contributed by atoms with E-state index in [9.17, 15) is 8.42 Å². The van der Waals surface area contributed by atoms with Crippen LogP contribution in [0, 0.1) is 5.92 Å². The second-order valence-electron chi connectivity index (χ2n) is 6.10. The van der Waals surface area contributed by atoms with Gasteiger partial charge in [-0.25, -0.2) is 13.1 Å². The fourth-order valence-electron chi connectivity index (χ4n) is 2.56. The third-order valence-corrected chi connectivity index (χ3v) is 5.79. The van der Waals surface area contributed by atoms with Crippen molar-refractivity contribution >= 4 is 10.0 Å². The molecule has 1 aliphatic carbocycles. The Balaban J connectivity index is 2.37. The molecule has 0 heterocycles. The summed E-state index contributed by atoms with van der Waals surface area (Å²) in [5, 5.41) is 0.